The van der Waals surface area contributed by atoms with E-state index >= 15 is 0 Å². The van der Waals surface area contributed by atoms with Crippen molar-refractivity contribution in [3.63, 3.8) is 0 Å². The molecule has 6 nitrogen and oxygen atoms in total. The van der Waals surface area contributed by atoms with E-state index in [9.17, 15) is 0 Å². The van der Waals surface area contributed by atoms with E-state index < -0.39 is 0 Å². The lowest BCUT2D eigenvalue weighted by atomic mass is 10.0. The Morgan fingerprint density at radius 2 is 0.392 bits per heavy atom. The summed E-state index contributed by atoms with van der Waals surface area (Å²) in [6.07, 6.45) is 15.5. The second kappa shape index (κ2) is 23.6. The zero-order valence-electron chi connectivity index (χ0n) is 37.4. The van der Waals surface area contributed by atoms with Crippen LogP contribution >= 0.6 is 0 Å². The third-order valence-corrected chi connectivity index (χ3v) is 11.4. The molecule has 5 heterocycles. The fraction of sp³-hybridized carbons (Fsp3) is 1.00. The van der Waals surface area contributed by atoms with Crippen LogP contribution in [-0.4, -0.2) is 143 Å². The maximum Gasteiger partial charge on any atom is 0.0126 e. The number of hydrogen-bond acceptors (Lipinski definition) is 6. The molecule has 0 aliphatic carbocycles. The van der Waals surface area contributed by atoms with Crippen LogP contribution in [0.4, 0.5) is 0 Å². The van der Waals surface area contributed by atoms with E-state index in [-0.39, 0.29) is 7.43 Å². The molecule has 51 heavy (non-hydrogen) atoms. The minimum atomic E-state index is 0. The van der Waals surface area contributed by atoms with Crippen molar-refractivity contribution in [2.75, 3.05) is 85.6 Å². The summed E-state index contributed by atoms with van der Waals surface area (Å²) in [5, 5.41) is 0. The van der Waals surface area contributed by atoms with Gasteiger partial charge in [0.05, 0.1) is 0 Å². The molecule has 0 amide bonds. The Labute approximate surface area is 323 Å². The summed E-state index contributed by atoms with van der Waals surface area (Å²) in [4.78, 5) is 15.2. The Bertz CT molecular complexity index is 754. The van der Waals surface area contributed by atoms with Crippen molar-refractivity contribution in [2.45, 2.75) is 210 Å². The molecule has 0 unspecified atom stereocenters. The van der Waals surface area contributed by atoms with E-state index in [1.165, 1.54) is 149 Å². The van der Waals surface area contributed by atoms with Gasteiger partial charge in [0.2, 0.25) is 0 Å². The van der Waals surface area contributed by atoms with E-state index in [0.717, 1.165) is 0 Å². The van der Waals surface area contributed by atoms with Crippen LogP contribution < -0.4 is 0 Å². The highest BCUT2D eigenvalue weighted by Crippen LogP contribution is 2.22. The third-order valence-electron chi connectivity index (χ3n) is 11.4. The predicted octanol–water partition coefficient (Wildman–Crippen LogP) is 10.4. The summed E-state index contributed by atoms with van der Waals surface area (Å²) < 4.78 is 0. The minimum absolute atomic E-state index is 0. The summed E-state index contributed by atoms with van der Waals surface area (Å²) in [5.74, 6) is 0. The largest absolute Gasteiger partial charge is 0.304 e. The molecule has 5 rings (SSSR count). The van der Waals surface area contributed by atoms with Crippen LogP contribution in [-0.2, 0) is 0 Å². The van der Waals surface area contributed by atoms with E-state index in [2.05, 4.69) is 140 Å². The van der Waals surface area contributed by atoms with E-state index in [4.69, 9.17) is 0 Å². The lowest BCUT2D eigenvalue weighted by molar-refractivity contribution is 0.0735. The van der Waals surface area contributed by atoms with Gasteiger partial charge in [0.25, 0.3) is 0 Å². The SMILES string of the molecule is C.CC(C)(C)N1CCCC1.CC(C)(C)N1CCCCC1.CC(C)(C)N1CCCCC1.CC(C)(C)N1CCCCC1.CN1CCN(C(C)(C)C)CC1. The molecule has 0 aromatic rings. The van der Waals surface area contributed by atoms with Gasteiger partial charge < -0.3 is 4.90 Å². The normalized spacial score (nSPS) is 22.8. The van der Waals surface area contributed by atoms with E-state index in [0.29, 0.717) is 27.7 Å². The number of piperazine rings is 1. The molecular weight excluding hydrogens is 625 g/mol. The standard InChI is InChI=1S/C9H20N2.3C9H19N.C8H17N.CH4/c1-9(2,3)11-7-5-10(4)6-8-11;3*1-9(2,3)10-7-5-4-6-8-10;1-8(2,3)9-6-4-5-7-9;/h5-8H2,1-4H3;3*4-8H2,1-3H3;4-7H2,1-3H3;1H4. The lowest BCUT2D eigenvalue weighted by Gasteiger charge is -2.41. The molecule has 308 valence electrons. The van der Waals surface area contributed by atoms with Gasteiger partial charge in [-0.3, -0.25) is 24.5 Å². The average Bonchev–Trinajstić information content (AvgIpc) is 3.59. The van der Waals surface area contributed by atoms with Crippen molar-refractivity contribution in [3.8, 4) is 0 Å². The molecule has 5 saturated heterocycles. The maximum absolute atomic E-state index is 2.58. The molecule has 0 aromatic heterocycles. The van der Waals surface area contributed by atoms with Crippen molar-refractivity contribution >= 4 is 0 Å². The molecule has 0 saturated carbocycles. The highest BCUT2D eigenvalue weighted by molar-refractivity contribution is 4.82. The summed E-state index contributed by atoms with van der Waals surface area (Å²) >= 11 is 0. The molecule has 0 radical (unpaired) electrons. The zero-order chi connectivity index (χ0) is 38.2. The monoisotopic (exact) mass is 723 g/mol. The Morgan fingerprint density at radius 3 is 0.549 bits per heavy atom. The molecule has 0 spiro atoms. The van der Waals surface area contributed by atoms with E-state index in [1.807, 2.05) is 0 Å². The van der Waals surface area contributed by atoms with Gasteiger partial charge in [0.1, 0.15) is 0 Å². The third kappa shape index (κ3) is 22.7. The van der Waals surface area contributed by atoms with Crippen molar-refractivity contribution in [1.29, 1.82) is 0 Å². The van der Waals surface area contributed by atoms with Gasteiger partial charge in [-0.15, -0.1) is 0 Å². The molecule has 0 N–H and O–H groups in total. The Morgan fingerprint density at radius 1 is 0.235 bits per heavy atom. The number of likely N-dealkylation sites (tertiary alicyclic amines) is 4. The molecule has 0 aromatic carbocycles. The van der Waals surface area contributed by atoms with Crippen LogP contribution in [0.2, 0.25) is 0 Å². The Kier molecular flexibility index (Phi) is 23.5. The van der Waals surface area contributed by atoms with Crippen molar-refractivity contribution in [1.82, 2.24) is 29.4 Å². The Hall–Kier alpha value is -0.240. The molecular formula is C45H98N6. The highest BCUT2D eigenvalue weighted by Gasteiger charge is 2.26. The second-order valence-corrected chi connectivity index (χ2v) is 21.0. The van der Waals surface area contributed by atoms with Gasteiger partial charge in [-0.1, -0.05) is 26.7 Å². The minimum Gasteiger partial charge on any atom is -0.304 e. The summed E-state index contributed by atoms with van der Waals surface area (Å²) in [6.45, 7) is 49.8. The summed E-state index contributed by atoms with van der Waals surface area (Å²) in [7, 11) is 2.19. The van der Waals surface area contributed by atoms with Gasteiger partial charge in [0.15, 0.2) is 0 Å². The lowest BCUT2D eigenvalue weighted by Crippen LogP contribution is -2.52. The van der Waals surface area contributed by atoms with Gasteiger partial charge in [-0.05, 0) is 215 Å². The second-order valence-electron chi connectivity index (χ2n) is 21.0. The van der Waals surface area contributed by atoms with Crippen molar-refractivity contribution in [2.24, 2.45) is 0 Å². The first-order valence-electron chi connectivity index (χ1n) is 21.4. The molecule has 5 aliphatic rings. The maximum atomic E-state index is 2.58. The Balaban J connectivity index is 0.000000610. The van der Waals surface area contributed by atoms with Gasteiger partial charge >= 0.3 is 0 Å². The first-order valence-corrected chi connectivity index (χ1v) is 21.4. The molecule has 5 aliphatic heterocycles. The molecule has 0 bridgehead atoms. The zero-order valence-corrected chi connectivity index (χ0v) is 37.4. The number of nitrogens with zero attached hydrogens (tertiary/aromatic N) is 6. The van der Waals surface area contributed by atoms with Crippen LogP contribution in [0.25, 0.3) is 0 Å². The molecule has 5 fully saturated rings. The molecule has 0 atom stereocenters. The predicted molar refractivity (Wildman–Crippen MR) is 232 cm³/mol. The number of likely N-dealkylation sites (N-methyl/N-ethyl adjacent to an activating group) is 1. The fourth-order valence-electron chi connectivity index (χ4n) is 7.56. The number of piperidine rings is 3. The van der Waals surface area contributed by atoms with Crippen LogP contribution in [0.5, 0.6) is 0 Å². The number of rotatable bonds is 0. The smallest absolute Gasteiger partial charge is 0.0126 e. The quantitative estimate of drug-likeness (QED) is 0.246. The van der Waals surface area contributed by atoms with Gasteiger partial charge in [0, 0.05) is 53.9 Å². The molecule has 6 heteroatoms. The average molecular weight is 723 g/mol. The van der Waals surface area contributed by atoms with Crippen molar-refractivity contribution < 1.29 is 0 Å². The van der Waals surface area contributed by atoms with Gasteiger partial charge in [-0.2, -0.15) is 0 Å². The van der Waals surface area contributed by atoms with E-state index in [1.54, 1.807) is 0 Å². The topological polar surface area (TPSA) is 19.4 Å². The van der Waals surface area contributed by atoms with Crippen LogP contribution in [0.1, 0.15) is 182 Å². The van der Waals surface area contributed by atoms with Crippen LogP contribution in [0.3, 0.4) is 0 Å². The summed E-state index contributed by atoms with van der Waals surface area (Å²) in [6, 6.07) is 0. The summed E-state index contributed by atoms with van der Waals surface area (Å²) in [5.41, 5.74) is 1.99. The number of hydrogen-bond donors (Lipinski definition) is 0. The highest BCUT2D eigenvalue weighted by atomic mass is 15.3. The van der Waals surface area contributed by atoms with Crippen LogP contribution in [0, 0.1) is 0 Å². The van der Waals surface area contributed by atoms with Gasteiger partial charge in [-0.25, -0.2) is 0 Å². The first kappa shape index (κ1) is 50.8. The van der Waals surface area contributed by atoms with Crippen molar-refractivity contribution in [3.05, 3.63) is 0 Å². The fourth-order valence-corrected chi connectivity index (χ4v) is 7.56. The van der Waals surface area contributed by atoms with Crippen LogP contribution in [0.15, 0.2) is 0 Å². The first-order chi connectivity index (χ1) is 22.9.